The van der Waals surface area contributed by atoms with E-state index in [1.165, 1.54) is 54.5 Å². The van der Waals surface area contributed by atoms with Crippen molar-refractivity contribution < 1.29 is 0 Å². The molecule has 0 aliphatic heterocycles. The summed E-state index contributed by atoms with van der Waals surface area (Å²) in [6.07, 6.45) is 0. The lowest BCUT2D eigenvalue weighted by molar-refractivity contribution is 1.16. The lowest BCUT2D eigenvalue weighted by Crippen LogP contribution is -1.98. The van der Waals surface area contributed by atoms with E-state index < -0.39 is 0 Å². The number of aromatic nitrogens is 3. The van der Waals surface area contributed by atoms with Gasteiger partial charge < -0.3 is 4.57 Å². The maximum atomic E-state index is 5.21. The van der Waals surface area contributed by atoms with Crippen LogP contribution in [0, 0.1) is 0 Å². The molecule has 2 heterocycles. The molecular weight excluding hydrogens is 619 g/mol. The fourth-order valence-electron chi connectivity index (χ4n) is 7.55. The zero-order valence-electron chi connectivity index (χ0n) is 27.7. The minimum atomic E-state index is 0.700. The molecule has 0 amide bonds. The number of rotatable bonds is 5. The summed E-state index contributed by atoms with van der Waals surface area (Å²) in [5.74, 6) is 0.700. The summed E-state index contributed by atoms with van der Waals surface area (Å²) in [5, 5.41) is 7.56. The van der Waals surface area contributed by atoms with Crippen LogP contribution in [0.25, 0.3) is 94.1 Å². The molecule has 0 unspecified atom stereocenters. The Morgan fingerprint density at radius 3 is 1.45 bits per heavy atom. The summed E-state index contributed by atoms with van der Waals surface area (Å²) in [7, 11) is 0. The van der Waals surface area contributed by atoms with E-state index in [1.54, 1.807) is 0 Å². The van der Waals surface area contributed by atoms with Crippen LogP contribution in [0.15, 0.2) is 188 Å². The molecule has 10 rings (SSSR count). The second-order valence-electron chi connectivity index (χ2n) is 13.0. The summed E-state index contributed by atoms with van der Waals surface area (Å²) in [6.45, 7) is 0. The van der Waals surface area contributed by atoms with Crippen molar-refractivity contribution in [3.05, 3.63) is 188 Å². The second kappa shape index (κ2) is 11.9. The molecule has 0 saturated carbocycles. The van der Waals surface area contributed by atoms with Gasteiger partial charge in [0.05, 0.1) is 22.4 Å². The number of hydrogen-bond donors (Lipinski definition) is 0. The van der Waals surface area contributed by atoms with E-state index in [0.29, 0.717) is 5.82 Å². The zero-order chi connectivity index (χ0) is 33.7. The van der Waals surface area contributed by atoms with Crippen LogP contribution >= 0.6 is 0 Å². The van der Waals surface area contributed by atoms with Gasteiger partial charge in [0, 0.05) is 33.2 Å². The number of hydrogen-bond acceptors (Lipinski definition) is 2. The van der Waals surface area contributed by atoms with Crippen LogP contribution in [0.5, 0.6) is 0 Å². The normalized spacial score (nSPS) is 11.5. The Morgan fingerprint density at radius 1 is 0.333 bits per heavy atom. The molecule has 0 atom stereocenters. The highest BCUT2D eigenvalue weighted by molar-refractivity contribution is 6.28. The minimum Gasteiger partial charge on any atom is -0.309 e. The average molecular weight is 650 g/mol. The Labute approximate surface area is 295 Å². The Balaban J connectivity index is 1.17. The quantitative estimate of drug-likeness (QED) is 0.186. The van der Waals surface area contributed by atoms with Crippen LogP contribution in [0.2, 0.25) is 0 Å². The van der Waals surface area contributed by atoms with Crippen LogP contribution in [0.4, 0.5) is 0 Å². The molecule has 0 fully saturated rings. The third-order valence-electron chi connectivity index (χ3n) is 9.99. The Kier molecular flexibility index (Phi) is 6.81. The van der Waals surface area contributed by atoms with E-state index in [-0.39, 0.29) is 0 Å². The standard InChI is InChI=1S/C48H31N3/c1-3-12-32(13-4-1)33-22-24-37(25-23-33)48-49-42(36-16-5-2-6-17-36)31-43(50-48)38-18-11-19-39(30-38)51-44-28-26-34-14-7-9-20-40(34)46(44)47-41-21-10-8-15-35(41)27-29-45(47)51/h1-31H. The highest BCUT2D eigenvalue weighted by atomic mass is 15.0. The maximum absolute atomic E-state index is 5.21. The molecule has 0 N–H and O–H groups in total. The van der Waals surface area contributed by atoms with Crippen LogP contribution in [-0.2, 0) is 0 Å². The van der Waals surface area contributed by atoms with Crippen LogP contribution in [-0.4, -0.2) is 14.5 Å². The lowest BCUT2D eigenvalue weighted by atomic mass is 10.00. The fraction of sp³-hybridized carbons (Fsp3) is 0. The number of nitrogens with zero attached hydrogens (tertiary/aromatic N) is 3. The van der Waals surface area contributed by atoms with Crippen LogP contribution in [0.1, 0.15) is 0 Å². The van der Waals surface area contributed by atoms with Crippen molar-refractivity contribution in [3.8, 4) is 50.7 Å². The summed E-state index contributed by atoms with van der Waals surface area (Å²) in [4.78, 5) is 10.3. The van der Waals surface area contributed by atoms with Gasteiger partial charge in [0.2, 0.25) is 0 Å². The molecule has 0 spiro atoms. The molecule has 0 radical (unpaired) electrons. The molecule has 3 heteroatoms. The minimum absolute atomic E-state index is 0.700. The first kappa shape index (κ1) is 29.1. The first-order valence-electron chi connectivity index (χ1n) is 17.3. The maximum Gasteiger partial charge on any atom is 0.160 e. The van der Waals surface area contributed by atoms with Crippen molar-refractivity contribution in [2.45, 2.75) is 0 Å². The van der Waals surface area contributed by atoms with Crippen molar-refractivity contribution in [1.29, 1.82) is 0 Å². The van der Waals surface area contributed by atoms with Gasteiger partial charge in [-0.15, -0.1) is 0 Å². The molecule has 238 valence electrons. The van der Waals surface area contributed by atoms with Gasteiger partial charge in [-0.1, -0.05) is 158 Å². The van der Waals surface area contributed by atoms with Crippen molar-refractivity contribution in [3.63, 3.8) is 0 Å². The van der Waals surface area contributed by atoms with Gasteiger partial charge in [-0.2, -0.15) is 0 Å². The van der Waals surface area contributed by atoms with Gasteiger partial charge in [0.15, 0.2) is 5.82 Å². The third kappa shape index (κ3) is 4.98. The molecule has 0 saturated heterocycles. The smallest absolute Gasteiger partial charge is 0.160 e. The molecular formula is C48H31N3. The average Bonchev–Trinajstić information content (AvgIpc) is 3.57. The lowest BCUT2D eigenvalue weighted by Gasteiger charge is -2.13. The molecule has 8 aromatic carbocycles. The zero-order valence-corrected chi connectivity index (χ0v) is 27.7. The van der Waals surface area contributed by atoms with Gasteiger partial charge in [-0.3, -0.25) is 0 Å². The summed E-state index contributed by atoms with van der Waals surface area (Å²) in [6, 6.07) is 66.7. The first-order chi connectivity index (χ1) is 25.3. The third-order valence-corrected chi connectivity index (χ3v) is 9.99. The predicted octanol–water partition coefficient (Wildman–Crippen LogP) is 12.5. The largest absolute Gasteiger partial charge is 0.309 e. The molecule has 2 aromatic heterocycles. The molecule has 0 aliphatic carbocycles. The highest BCUT2D eigenvalue weighted by Crippen LogP contribution is 2.41. The Bertz CT molecular complexity index is 2800. The van der Waals surface area contributed by atoms with Crippen molar-refractivity contribution >= 4 is 43.4 Å². The Morgan fingerprint density at radius 2 is 0.824 bits per heavy atom. The monoisotopic (exact) mass is 649 g/mol. The van der Waals surface area contributed by atoms with E-state index in [9.17, 15) is 0 Å². The summed E-state index contributed by atoms with van der Waals surface area (Å²) in [5.41, 5.74) is 10.6. The topological polar surface area (TPSA) is 30.7 Å². The molecule has 0 bridgehead atoms. The number of benzene rings is 8. The van der Waals surface area contributed by atoms with Gasteiger partial charge in [0.1, 0.15) is 0 Å². The summed E-state index contributed by atoms with van der Waals surface area (Å²) < 4.78 is 2.41. The van der Waals surface area contributed by atoms with Crippen LogP contribution in [0.3, 0.4) is 0 Å². The molecule has 0 aliphatic rings. The van der Waals surface area contributed by atoms with Gasteiger partial charge in [-0.05, 0) is 63.0 Å². The van der Waals surface area contributed by atoms with Crippen LogP contribution < -0.4 is 0 Å². The second-order valence-corrected chi connectivity index (χ2v) is 13.0. The highest BCUT2D eigenvalue weighted by Gasteiger charge is 2.18. The molecule has 10 aromatic rings. The number of fused-ring (bicyclic) bond motifs is 7. The van der Waals surface area contributed by atoms with Gasteiger partial charge in [0.25, 0.3) is 0 Å². The van der Waals surface area contributed by atoms with E-state index in [4.69, 9.17) is 9.97 Å². The first-order valence-corrected chi connectivity index (χ1v) is 17.3. The van der Waals surface area contributed by atoms with Crippen molar-refractivity contribution in [1.82, 2.24) is 14.5 Å². The fourth-order valence-corrected chi connectivity index (χ4v) is 7.55. The molecule has 51 heavy (non-hydrogen) atoms. The SMILES string of the molecule is c1ccc(-c2ccc(-c3nc(-c4ccccc4)cc(-c4cccc(-n5c6ccc7ccccc7c6c6c7ccccc7ccc65)c4)n3)cc2)cc1. The van der Waals surface area contributed by atoms with E-state index >= 15 is 0 Å². The van der Waals surface area contributed by atoms with Gasteiger partial charge in [-0.25, -0.2) is 9.97 Å². The molecule has 3 nitrogen and oxygen atoms in total. The summed E-state index contributed by atoms with van der Waals surface area (Å²) >= 11 is 0. The van der Waals surface area contributed by atoms with E-state index in [2.05, 4.69) is 180 Å². The predicted molar refractivity (Wildman–Crippen MR) is 213 cm³/mol. The van der Waals surface area contributed by atoms with Crippen molar-refractivity contribution in [2.75, 3.05) is 0 Å². The van der Waals surface area contributed by atoms with E-state index in [1.807, 2.05) is 12.1 Å². The van der Waals surface area contributed by atoms with Gasteiger partial charge >= 0.3 is 0 Å². The van der Waals surface area contributed by atoms with Crippen molar-refractivity contribution in [2.24, 2.45) is 0 Å². The Hall–Kier alpha value is -6.84. The van der Waals surface area contributed by atoms with E-state index in [0.717, 1.165) is 33.8 Å².